The Morgan fingerprint density at radius 1 is 1.37 bits per heavy atom. The van der Waals surface area contributed by atoms with E-state index in [1.165, 1.54) is 16.8 Å². The van der Waals surface area contributed by atoms with E-state index < -0.39 is 6.09 Å². The Morgan fingerprint density at radius 2 is 2.26 bits per heavy atom. The molecule has 6 heteroatoms. The van der Waals surface area contributed by atoms with Gasteiger partial charge in [0, 0.05) is 12.1 Å². The second kappa shape index (κ2) is 4.97. The summed E-state index contributed by atoms with van der Waals surface area (Å²) >= 11 is 0. The van der Waals surface area contributed by atoms with Crippen molar-refractivity contribution in [1.29, 1.82) is 0 Å². The first kappa shape index (κ1) is 12.1. The molecule has 2 aliphatic rings. The van der Waals surface area contributed by atoms with Crippen molar-refractivity contribution in [1.82, 2.24) is 14.9 Å². The molecule has 1 amide bonds. The zero-order chi connectivity index (χ0) is 13.2. The number of ether oxygens (including phenoxy) is 1. The molecule has 0 saturated heterocycles. The molecule has 1 aromatic heterocycles. The van der Waals surface area contributed by atoms with Crippen molar-refractivity contribution in [2.75, 3.05) is 19.8 Å². The summed E-state index contributed by atoms with van der Waals surface area (Å²) < 4.78 is 5.31. The summed E-state index contributed by atoms with van der Waals surface area (Å²) in [5.74, 6) is 0. The number of amides is 1. The summed E-state index contributed by atoms with van der Waals surface area (Å²) in [5, 5.41) is 9.04. The lowest BCUT2D eigenvalue weighted by molar-refractivity contribution is 0.139. The molecule has 3 heterocycles. The van der Waals surface area contributed by atoms with E-state index in [0.29, 0.717) is 32.7 Å². The van der Waals surface area contributed by atoms with Crippen LogP contribution in [0, 0.1) is 0 Å². The van der Waals surface area contributed by atoms with Crippen LogP contribution in [0.4, 0.5) is 4.79 Å². The van der Waals surface area contributed by atoms with E-state index in [9.17, 15) is 4.79 Å². The molecule has 19 heavy (non-hydrogen) atoms. The van der Waals surface area contributed by atoms with E-state index in [-0.39, 0.29) is 0 Å². The zero-order valence-corrected chi connectivity index (χ0v) is 10.5. The van der Waals surface area contributed by atoms with Gasteiger partial charge in [-0.1, -0.05) is 6.08 Å². The normalized spacial score (nSPS) is 18.7. The second-order valence-corrected chi connectivity index (χ2v) is 4.66. The number of fused-ring (bicyclic) bond motifs is 1. The maximum Gasteiger partial charge on any atom is 0.407 e. The molecule has 0 fully saturated rings. The van der Waals surface area contributed by atoms with E-state index in [2.05, 4.69) is 16.0 Å². The molecular formula is C13H15N3O3. The zero-order valence-electron chi connectivity index (χ0n) is 10.5. The van der Waals surface area contributed by atoms with Crippen molar-refractivity contribution >= 4 is 11.7 Å². The van der Waals surface area contributed by atoms with Gasteiger partial charge in [0.15, 0.2) is 0 Å². The fourth-order valence-electron chi connectivity index (χ4n) is 2.54. The Morgan fingerprint density at radius 3 is 3.00 bits per heavy atom. The average molecular weight is 261 g/mol. The van der Waals surface area contributed by atoms with E-state index in [4.69, 9.17) is 9.84 Å². The predicted molar refractivity (Wildman–Crippen MR) is 67.6 cm³/mol. The number of carboxylic acid groups (broad SMARTS) is 1. The van der Waals surface area contributed by atoms with E-state index in [1.807, 2.05) is 0 Å². The SMILES string of the molecule is O=C(O)N1CCc2c(ncnc2C2=CCOCC2)C1. The van der Waals surface area contributed by atoms with Gasteiger partial charge in [-0.25, -0.2) is 14.8 Å². The van der Waals surface area contributed by atoms with Gasteiger partial charge in [-0.05, 0) is 18.4 Å². The number of aromatic nitrogens is 2. The Bertz CT molecular complexity index is 542. The Labute approximate surface area is 110 Å². The van der Waals surface area contributed by atoms with E-state index >= 15 is 0 Å². The van der Waals surface area contributed by atoms with Crippen LogP contribution in [0.5, 0.6) is 0 Å². The first-order valence-corrected chi connectivity index (χ1v) is 6.33. The maximum absolute atomic E-state index is 11.0. The Balaban J connectivity index is 1.94. The molecule has 100 valence electrons. The van der Waals surface area contributed by atoms with Crippen molar-refractivity contribution in [2.24, 2.45) is 0 Å². The van der Waals surface area contributed by atoms with Gasteiger partial charge in [-0.3, -0.25) is 0 Å². The highest BCUT2D eigenvalue weighted by atomic mass is 16.5. The van der Waals surface area contributed by atoms with Gasteiger partial charge in [0.1, 0.15) is 6.33 Å². The highest BCUT2D eigenvalue weighted by Crippen LogP contribution is 2.27. The summed E-state index contributed by atoms with van der Waals surface area (Å²) in [6.45, 7) is 2.19. The molecule has 0 atom stereocenters. The third kappa shape index (κ3) is 2.31. The van der Waals surface area contributed by atoms with Crippen LogP contribution in [0.15, 0.2) is 12.4 Å². The van der Waals surface area contributed by atoms with Gasteiger partial charge in [0.25, 0.3) is 0 Å². The van der Waals surface area contributed by atoms with Crippen LogP contribution in [-0.4, -0.2) is 45.8 Å². The van der Waals surface area contributed by atoms with Crippen LogP contribution < -0.4 is 0 Å². The quantitative estimate of drug-likeness (QED) is 0.825. The summed E-state index contributed by atoms with van der Waals surface area (Å²) in [7, 11) is 0. The number of carbonyl (C=O) groups is 1. The predicted octanol–water partition coefficient (Wildman–Crippen LogP) is 1.32. The van der Waals surface area contributed by atoms with Gasteiger partial charge < -0.3 is 14.7 Å². The Kier molecular flexibility index (Phi) is 3.16. The lowest BCUT2D eigenvalue weighted by Gasteiger charge is -2.27. The molecule has 2 aliphatic heterocycles. The highest BCUT2D eigenvalue weighted by Gasteiger charge is 2.24. The van der Waals surface area contributed by atoms with Crippen LogP contribution in [0.1, 0.15) is 23.4 Å². The van der Waals surface area contributed by atoms with Crippen LogP contribution in [-0.2, 0) is 17.7 Å². The van der Waals surface area contributed by atoms with Gasteiger partial charge in [0.2, 0.25) is 0 Å². The number of rotatable bonds is 1. The van der Waals surface area contributed by atoms with Crippen LogP contribution in [0.25, 0.3) is 5.57 Å². The number of hydrogen-bond donors (Lipinski definition) is 1. The second-order valence-electron chi connectivity index (χ2n) is 4.66. The monoisotopic (exact) mass is 261 g/mol. The van der Waals surface area contributed by atoms with Crippen LogP contribution in [0.2, 0.25) is 0 Å². The average Bonchev–Trinajstić information content (AvgIpc) is 2.47. The summed E-state index contributed by atoms with van der Waals surface area (Å²) in [5.41, 5.74) is 4.08. The molecule has 0 saturated carbocycles. The molecule has 0 spiro atoms. The van der Waals surface area contributed by atoms with Gasteiger partial charge in [0.05, 0.1) is 31.1 Å². The maximum atomic E-state index is 11.0. The lowest BCUT2D eigenvalue weighted by atomic mass is 9.96. The van der Waals surface area contributed by atoms with Gasteiger partial charge in [-0.2, -0.15) is 0 Å². The number of hydrogen-bond acceptors (Lipinski definition) is 4. The number of nitrogens with zero attached hydrogens (tertiary/aromatic N) is 3. The molecule has 0 aliphatic carbocycles. The topological polar surface area (TPSA) is 75.5 Å². The van der Waals surface area contributed by atoms with Crippen LogP contribution >= 0.6 is 0 Å². The molecule has 3 rings (SSSR count). The molecule has 0 radical (unpaired) electrons. The summed E-state index contributed by atoms with van der Waals surface area (Å²) in [6.07, 6.45) is 4.21. The Hall–Kier alpha value is -1.95. The summed E-state index contributed by atoms with van der Waals surface area (Å²) in [6, 6.07) is 0. The fourth-order valence-corrected chi connectivity index (χ4v) is 2.54. The third-order valence-electron chi connectivity index (χ3n) is 3.54. The molecule has 1 aromatic rings. The van der Waals surface area contributed by atoms with Crippen molar-refractivity contribution in [3.8, 4) is 0 Å². The first-order valence-electron chi connectivity index (χ1n) is 6.33. The van der Waals surface area contributed by atoms with Crippen LogP contribution in [0.3, 0.4) is 0 Å². The fraction of sp³-hybridized carbons (Fsp3) is 0.462. The molecule has 0 unspecified atom stereocenters. The molecule has 0 aromatic carbocycles. The minimum Gasteiger partial charge on any atom is -0.465 e. The van der Waals surface area contributed by atoms with Crippen molar-refractivity contribution in [3.05, 3.63) is 29.4 Å². The smallest absolute Gasteiger partial charge is 0.407 e. The molecule has 6 nitrogen and oxygen atoms in total. The molecule has 0 bridgehead atoms. The van der Waals surface area contributed by atoms with Gasteiger partial charge in [-0.15, -0.1) is 0 Å². The lowest BCUT2D eigenvalue weighted by Crippen LogP contribution is -2.36. The van der Waals surface area contributed by atoms with Crippen molar-refractivity contribution in [2.45, 2.75) is 19.4 Å². The first-order chi connectivity index (χ1) is 9.25. The molecular weight excluding hydrogens is 246 g/mol. The van der Waals surface area contributed by atoms with Crippen molar-refractivity contribution in [3.63, 3.8) is 0 Å². The van der Waals surface area contributed by atoms with E-state index in [1.54, 1.807) is 0 Å². The molecule has 1 N–H and O–H groups in total. The largest absolute Gasteiger partial charge is 0.465 e. The minimum absolute atomic E-state index is 0.351. The van der Waals surface area contributed by atoms with Crippen molar-refractivity contribution < 1.29 is 14.6 Å². The standard InChI is InChI=1S/C13H15N3O3/c17-13(18)16-4-1-10-11(7-16)14-8-15-12(10)9-2-5-19-6-3-9/h2,8H,1,3-7H2,(H,17,18). The highest BCUT2D eigenvalue weighted by molar-refractivity contribution is 5.68. The summed E-state index contributed by atoms with van der Waals surface area (Å²) in [4.78, 5) is 21.0. The third-order valence-corrected chi connectivity index (χ3v) is 3.54. The minimum atomic E-state index is -0.893. The van der Waals surface area contributed by atoms with E-state index in [0.717, 1.165) is 23.4 Å². The van der Waals surface area contributed by atoms with Gasteiger partial charge >= 0.3 is 6.09 Å².